The zero-order chi connectivity index (χ0) is 22.4. The Hall–Kier alpha value is -3.54. The van der Waals surface area contributed by atoms with Crippen LogP contribution in [0, 0.1) is 34.6 Å². The van der Waals surface area contributed by atoms with E-state index < -0.39 is 0 Å². The van der Waals surface area contributed by atoms with Crippen molar-refractivity contribution in [2.75, 3.05) is 0 Å². The zero-order valence-corrected chi connectivity index (χ0v) is 18.8. The Bertz CT molecular complexity index is 1390. The van der Waals surface area contributed by atoms with Gasteiger partial charge in [-0.1, -0.05) is 12.1 Å². The van der Waals surface area contributed by atoms with Gasteiger partial charge in [0.1, 0.15) is 11.7 Å². The predicted octanol–water partition coefficient (Wildman–Crippen LogP) is 4.38. The number of aryl methyl sites for hydroxylation is 4. The van der Waals surface area contributed by atoms with E-state index in [9.17, 15) is 9.59 Å². The van der Waals surface area contributed by atoms with Gasteiger partial charge in [-0.3, -0.25) is 14.2 Å². The third-order valence-electron chi connectivity index (χ3n) is 5.82. The lowest BCUT2D eigenvalue weighted by Crippen LogP contribution is -2.22. The summed E-state index contributed by atoms with van der Waals surface area (Å²) in [5.74, 6) is 0.0342. The second-order valence-corrected chi connectivity index (χ2v) is 8.36. The fraction of sp³-hybridized carbons (Fsp3) is 0.280. The Kier molecular flexibility index (Phi) is 5.09. The summed E-state index contributed by atoms with van der Waals surface area (Å²) in [6.07, 6.45) is 3.15. The molecule has 0 radical (unpaired) electrons. The van der Waals surface area contributed by atoms with Crippen molar-refractivity contribution in [2.24, 2.45) is 0 Å². The molecule has 0 fully saturated rings. The molecule has 6 nitrogen and oxygen atoms in total. The zero-order valence-electron chi connectivity index (χ0n) is 18.8. The summed E-state index contributed by atoms with van der Waals surface area (Å²) in [5, 5.41) is 4.91. The molecule has 0 saturated carbocycles. The van der Waals surface area contributed by atoms with E-state index in [0.29, 0.717) is 17.6 Å². The van der Waals surface area contributed by atoms with Crippen LogP contribution in [-0.2, 0) is 6.54 Å². The quantitative estimate of drug-likeness (QED) is 0.465. The molecule has 2 heterocycles. The third-order valence-corrected chi connectivity index (χ3v) is 5.82. The van der Waals surface area contributed by atoms with E-state index in [1.807, 2.05) is 52.8 Å². The second-order valence-electron chi connectivity index (χ2n) is 8.36. The van der Waals surface area contributed by atoms with Gasteiger partial charge in [-0.25, -0.2) is 9.67 Å². The number of Topliss-reactive ketones (excluding diaryl/α,β-unsaturated/α-hetero) is 1. The van der Waals surface area contributed by atoms with Gasteiger partial charge in [0.05, 0.1) is 18.4 Å². The average molecular weight is 415 g/mol. The van der Waals surface area contributed by atoms with Gasteiger partial charge in [-0.05, 0) is 87.1 Å². The van der Waals surface area contributed by atoms with Crippen molar-refractivity contribution in [3.8, 4) is 5.69 Å². The van der Waals surface area contributed by atoms with Gasteiger partial charge in [0.2, 0.25) is 0 Å². The Morgan fingerprint density at radius 1 is 0.968 bits per heavy atom. The standard InChI is InChI=1S/C25H26N4O2/c1-14-7-15(2)9-20(8-14)29-24-21(11-27-29)25(31)28(13-26-24)12-22-16(3)10-17(4)23(18(22)5)19(6)30/h7-11,13H,12H2,1-6H3. The Morgan fingerprint density at radius 3 is 2.29 bits per heavy atom. The molecule has 0 bridgehead atoms. The minimum absolute atomic E-state index is 0.0342. The number of ketones is 1. The highest BCUT2D eigenvalue weighted by atomic mass is 16.1. The normalized spacial score (nSPS) is 11.3. The van der Waals surface area contributed by atoms with Gasteiger partial charge in [-0.15, -0.1) is 0 Å². The summed E-state index contributed by atoms with van der Waals surface area (Å²) in [4.78, 5) is 29.9. The summed E-state index contributed by atoms with van der Waals surface area (Å²) in [6.45, 7) is 11.9. The largest absolute Gasteiger partial charge is 0.294 e. The molecule has 6 heteroatoms. The molecule has 0 atom stereocenters. The summed E-state index contributed by atoms with van der Waals surface area (Å²) < 4.78 is 3.29. The van der Waals surface area contributed by atoms with Gasteiger partial charge >= 0.3 is 0 Å². The first-order valence-corrected chi connectivity index (χ1v) is 10.3. The number of hydrogen-bond acceptors (Lipinski definition) is 4. The Morgan fingerprint density at radius 2 is 1.65 bits per heavy atom. The molecule has 2 aromatic carbocycles. The van der Waals surface area contributed by atoms with E-state index in [4.69, 9.17) is 0 Å². The van der Waals surface area contributed by atoms with Gasteiger partial charge in [0, 0.05) is 5.56 Å². The highest BCUT2D eigenvalue weighted by Crippen LogP contribution is 2.24. The van der Waals surface area contributed by atoms with E-state index in [2.05, 4.69) is 16.1 Å². The number of nitrogens with zero attached hydrogens (tertiary/aromatic N) is 4. The highest BCUT2D eigenvalue weighted by Gasteiger charge is 2.17. The predicted molar refractivity (Wildman–Crippen MR) is 122 cm³/mol. The summed E-state index contributed by atoms with van der Waals surface area (Å²) in [7, 11) is 0. The van der Waals surface area contributed by atoms with Crippen LogP contribution in [0.1, 0.15) is 50.7 Å². The molecule has 0 saturated heterocycles. The van der Waals surface area contributed by atoms with Crippen LogP contribution in [0.4, 0.5) is 0 Å². The molecule has 0 aliphatic rings. The molecular weight excluding hydrogens is 388 g/mol. The lowest BCUT2D eigenvalue weighted by atomic mass is 9.91. The van der Waals surface area contributed by atoms with Crippen LogP contribution in [0.15, 0.2) is 41.6 Å². The van der Waals surface area contributed by atoms with Crippen LogP contribution >= 0.6 is 0 Å². The number of fused-ring (bicyclic) bond motifs is 1. The van der Waals surface area contributed by atoms with Crippen molar-refractivity contribution in [3.05, 3.63) is 86.1 Å². The molecule has 4 rings (SSSR count). The number of hydrogen-bond donors (Lipinski definition) is 0. The maximum atomic E-state index is 13.2. The van der Waals surface area contributed by atoms with Gasteiger partial charge in [0.25, 0.3) is 5.56 Å². The molecule has 0 unspecified atom stereocenters. The molecule has 0 spiro atoms. The molecule has 0 amide bonds. The smallest absolute Gasteiger partial charge is 0.264 e. The van der Waals surface area contributed by atoms with Crippen molar-refractivity contribution in [2.45, 2.75) is 48.1 Å². The highest BCUT2D eigenvalue weighted by molar-refractivity contribution is 5.97. The van der Waals surface area contributed by atoms with Gasteiger partial charge in [-0.2, -0.15) is 5.10 Å². The maximum absolute atomic E-state index is 13.2. The first-order chi connectivity index (χ1) is 14.7. The Labute approximate surface area is 181 Å². The molecule has 0 N–H and O–H groups in total. The summed E-state index contributed by atoms with van der Waals surface area (Å²) in [5.41, 5.74) is 8.15. The number of rotatable bonds is 4. The van der Waals surface area contributed by atoms with Crippen LogP contribution in [0.5, 0.6) is 0 Å². The van der Waals surface area contributed by atoms with Crippen LogP contribution < -0.4 is 5.56 Å². The van der Waals surface area contributed by atoms with Crippen molar-refractivity contribution < 1.29 is 4.79 Å². The molecular formula is C25H26N4O2. The first kappa shape index (κ1) is 20.7. The molecule has 0 aliphatic carbocycles. The van der Waals surface area contributed by atoms with Crippen molar-refractivity contribution in [1.29, 1.82) is 0 Å². The Balaban J connectivity index is 1.82. The van der Waals surface area contributed by atoms with Crippen molar-refractivity contribution >= 4 is 16.8 Å². The van der Waals surface area contributed by atoms with Crippen LogP contribution in [-0.4, -0.2) is 25.1 Å². The molecule has 0 aliphatic heterocycles. The number of aromatic nitrogens is 4. The van der Waals surface area contributed by atoms with Gasteiger partial charge in [0.15, 0.2) is 11.4 Å². The lowest BCUT2D eigenvalue weighted by molar-refractivity contribution is 0.101. The molecule has 158 valence electrons. The fourth-order valence-electron chi connectivity index (χ4n) is 4.50. The summed E-state index contributed by atoms with van der Waals surface area (Å²) in [6, 6.07) is 8.15. The van der Waals surface area contributed by atoms with Crippen LogP contribution in [0.2, 0.25) is 0 Å². The minimum atomic E-state index is -0.149. The van der Waals surface area contributed by atoms with Crippen molar-refractivity contribution in [1.82, 2.24) is 19.3 Å². The minimum Gasteiger partial charge on any atom is -0.294 e. The fourth-order valence-corrected chi connectivity index (χ4v) is 4.50. The lowest BCUT2D eigenvalue weighted by Gasteiger charge is -2.16. The van der Waals surface area contributed by atoms with E-state index in [0.717, 1.165) is 44.6 Å². The van der Waals surface area contributed by atoms with Crippen LogP contribution in [0.25, 0.3) is 16.7 Å². The molecule has 4 aromatic rings. The van der Waals surface area contributed by atoms with E-state index in [1.165, 1.54) is 0 Å². The third kappa shape index (κ3) is 3.58. The first-order valence-electron chi connectivity index (χ1n) is 10.3. The molecule has 31 heavy (non-hydrogen) atoms. The number of carbonyl (C=O) groups excluding carboxylic acids is 1. The summed E-state index contributed by atoms with van der Waals surface area (Å²) >= 11 is 0. The topological polar surface area (TPSA) is 69.8 Å². The number of carbonyl (C=O) groups is 1. The van der Waals surface area contributed by atoms with E-state index >= 15 is 0 Å². The van der Waals surface area contributed by atoms with Crippen molar-refractivity contribution in [3.63, 3.8) is 0 Å². The molecule has 2 aromatic heterocycles. The van der Waals surface area contributed by atoms with Crippen LogP contribution in [0.3, 0.4) is 0 Å². The SMILES string of the molecule is CC(=O)c1c(C)cc(C)c(Cn2cnc3c(cnn3-c3cc(C)cc(C)c3)c2=O)c1C. The number of benzene rings is 2. The average Bonchev–Trinajstić information content (AvgIpc) is 3.10. The van der Waals surface area contributed by atoms with E-state index in [-0.39, 0.29) is 11.3 Å². The second kappa shape index (κ2) is 7.61. The monoisotopic (exact) mass is 414 g/mol. The maximum Gasteiger partial charge on any atom is 0.264 e. The van der Waals surface area contributed by atoms with Gasteiger partial charge < -0.3 is 0 Å². The van der Waals surface area contributed by atoms with E-state index in [1.54, 1.807) is 28.7 Å².